The van der Waals surface area contributed by atoms with Crippen LogP contribution < -0.4 is 11.1 Å². The molecule has 0 amide bonds. The van der Waals surface area contributed by atoms with Gasteiger partial charge in [-0.05, 0) is 25.7 Å². The fraction of sp³-hybridized carbons (Fsp3) is 0.923. The van der Waals surface area contributed by atoms with E-state index in [9.17, 15) is 0 Å². The molecular weight excluding hydrogens is 341 g/mol. The molecule has 0 heterocycles. The van der Waals surface area contributed by atoms with E-state index in [1.165, 1.54) is 0 Å². The fourth-order valence-electron chi connectivity index (χ4n) is 1.58. The van der Waals surface area contributed by atoms with Gasteiger partial charge < -0.3 is 15.8 Å². The number of hydrogen-bond donors (Lipinski definition) is 2. The number of halogens is 1. The highest BCUT2D eigenvalue weighted by Crippen LogP contribution is 2.09. The zero-order valence-corrected chi connectivity index (χ0v) is 14.6. The maximum absolute atomic E-state index is 5.75. The van der Waals surface area contributed by atoms with Crippen molar-refractivity contribution < 1.29 is 4.74 Å². The minimum Gasteiger partial charge on any atom is -0.378 e. The summed E-state index contributed by atoms with van der Waals surface area (Å²) in [5, 5.41) is 3.13. The molecule has 3 N–H and O–H groups in total. The quantitative estimate of drug-likeness (QED) is 0.284. The van der Waals surface area contributed by atoms with Crippen molar-refractivity contribution in [3.8, 4) is 0 Å². The number of rotatable bonds is 9. The summed E-state index contributed by atoms with van der Waals surface area (Å²) in [5.74, 6) is 1.09. The standard InChI is InChI=1S/C13H29N3O.HI/c1-5-7-9-15-13(14)16-10-8-12(11(3)4)17-6-2;/h11-12H,5-10H2,1-4H3,(H3,14,15,16);1H. The third-order valence-corrected chi connectivity index (χ3v) is 2.65. The van der Waals surface area contributed by atoms with Crippen LogP contribution >= 0.6 is 24.0 Å². The number of nitrogens with zero attached hydrogens (tertiary/aromatic N) is 1. The van der Waals surface area contributed by atoms with Crippen LogP contribution in [0, 0.1) is 5.92 Å². The van der Waals surface area contributed by atoms with Gasteiger partial charge in [0.25, 0.3) is 0 Å². The van der Waals surface area contributed by atoms with Gasteiger partial charge in [-0.2, -0.15) is 0 Å². The molecule has 0 aliphatic rings. The predicted molar refractivity (Wildman–Crippen MR) is 89.7 cm³/mol. The van der Waals surface area contributed by atoms with Crippen molar-refractivity contribution in [1.29, 1.82) is 0 Å². The van der Waals surface area contributed by atoms with E-state index in [2.05, 4.69) is 31.1 Å². The highest BCUT2D eigenvalue weighted by molar-refractivity contribution is 14.0. The van der Waals surface area contributed by atoms with Crippen LogP contribution in [0.2, 0.25) is 0 Å². The Morgan fingerprint density at radius 2 is 2.00 bits per heavy atom. The van der Waals surface area contributed by atoms with Crippen molar-refractivity contribution in [2.45, 2.75) is 53.1 Å². The monoisotopic (exact) mass is 371 g/mol. The van der Waals surface area contributed by atoms with E-state index < -0.39 is 0 Å². The van der Waals surface area contributed by atoms with E-state index in [-0.39, 0.29) is 24.0 Å². The normalized spacial score (nSPS) is 13.3. The molecule has 1 unspecified atom stereocenters. The SMILES string of the molecule is CCCCN=C(N)NCCC(OCC)C(C)C.I. The van der Waals surface area contributed by atoms with Crippen molar-refractivity contribution >= 4 is 29.9 Å². The number of unbranched alkanes of at least 4 members (excludes halogenated alkanes) is 1. The molecule has 0 saturated carbocycles. The Morgan fingerprint density at radius 3 is 2.50 bits per heavy atom. The first kappa shape index (κ1) is 20.3. The number of nitrogens with two attached hydrogens (primary N) is 1. The van der Waals surface area contributed by atoms with Crippen LogP contribution in [0.15, 0.2) is 4.99 Å². The van der Waals surface area contributed by atoms with E-state index in [0.717, 1.165) is 39.0 Å². The van der Waals surface area contributed by atoms with Gasteiger partial charge in [-0.3, -0.25) is 4.99 Å². The van der Waals surface area contributed by atoms with Crippen LogP contribution in [-0.4, -0.2) is 31.8 Å². The summed E-state index contributed by atoms with van der Waals surface area (Å²) < 4.78 is 5.66. The van der Waals surface area contributed by atoms with Gasteiger partial charge in [0.1, 0.15) is 0 Å². The largest absolute Gasteiger partial charge is 0.378 e. The Hall–Kier alpha value is -0.0400. The van der Waals surface area contributed by atoms with Crippen LogP contribution in [0.25, 0.3) is 0 Å². The lowest BCUT2D eigenvalue weighted by Crippen LogP contribution is -2.35. The van der Waals surface area contributed by atoms with Crippen LogP contribution in [0.5, 0.6) is 0 Å². The highest BCUT2D eigenvalue weighted by Gasteiger charge is 2.12. The van der Waals surface area contributed by atoms with E-state index in [1.807, 2.05) is 6.92 Å². The Kier molecular flexibility index (Phi) is 15.1. The average molecular weight is 371 g/mol. The van der Waals surface area contributed by atoms with Gasteiger partial charge in [-0.1, -0.05) is 27.2 Å². The predicted octanol–water partition coefficient (Wildman–Crippen LogP) is 2.76. The number of hydrogen-bond acceptors (Lipinski definition) is 2. The van der Waals surface area contributed by atoms with E-state index >= 15 is 0 Å². The van der Waals surface area contributed by atoms with Crippen molar-refractivity contribution in [1.82, 2.24) is 5.32 Å². The molecule has 110 valence electrons. The molecule has 0 bridgehead atoms. The van der Waals surface area contributed by atoms with Gasteiger partial charge >= 0.3 is 0 Å². The summed E-state index contributed by atoms with van der Waals surface area (Å²) in [6.07, 6.45) is 3.51. The molecule has 0 radical (unpaired) electrons. The molecule has 0 saturated heterocycles. The van der Waals surface area contributed by atoms with Gasteiger partial charge in [0.15, 0.2) is 5.96 Å². The van der Waals surface area contributed by atoms with Gasteiger partial charge in [0, 0.05) is 19.7 Å². The summed E-state index contributed by atoms with van der Waals surface area (Å²) in [6, 6.07) is 0. The minimum absolute atomic E-state index is 0. The third-order valence-electron chi connectivity index (χ3n) is 2.65. The van der Waals surface area contributed by atoms with Crippen molar-refractivity contribution in [3.63, 3.8) is 0 Å². The first-order valence-electron chi connectivity index (χ1n) is 6.77. The first-order valence-corrected chi connectivity index (χ1v) is 6.77. The lowest BCUT2D eigenvalue weighted by Gasteiger charge is -2.20. The van der Waals surface area contributed by atoms with Crippen LogP contribution in [0.1, 0.15) is 47.0 Å². The first-order chi connectivity index (χ1) is 8.11. The van der Waals surface area contributed by atoms with Crippen molar-refractivity contribution in [3.05, 3.63) is 0 Å². The fourth-order valence-corrected chi connectivity index (χ4v) is 1.58. The maximum Gasteiger partial charge on any atom is 0.188 e. The summed E-state index contributed by atoms with van der Waals surface area (Å²) >= 11 is 0. The van der Waals surface area contributed by atoms with E-state index in [0.29, 0.717) is 18.0 Å². The lowest BCUT2D eigenvalue weighted by molar-refractivity contribution is 0.0258. The van der Waals surface area contributed by atoms with Gasteiger partial charge in [0.05, 0.1) is 6.10 Å². The molecule has 0 aromatic carbocycles. The van der Waals surface area contributed by atoms with Crippen molar-refractivity contribution in [2.75, 3.05) is 19.7 Å². The topological polar surface area (TPSA) is 59.6 Å². The van der Waals surface area contributed by atoms with E-state index in [4.69, 9.17) is 10.5 Å². The number of aliphatic imine (C=N–C) groups is 1. The van der Waals surface area contributed by atoms with Gasteiger partial charge in [-0.25, -0.2) is 0 Å². The van der Waals surface area contributed by atoms with E-state index in [1.54, 1.807) is 0 Å². The second-order valence-electron chi connectivity index (χ2n) is 4.57. The molecule has 0 aromatic heterocycles. The van der Waals surface area contributed by atoms with Crippen LogP contribution in [0.3, 0.4) is 0 Å². The second kappa shape index (κ2) is 13.4. The number of nitrogens with one attached hydrogen (secondary N) is 1. The number of ether oxygens (including phenoxy) is 1. The highest BCUT2D eigenvalue weighted by atomic mass is 127. The zero-order valence-electron chi connectivity index (χ0n) is 12.2. The third kappa shape index (κ3) is 11.1. The average Bonchev–Trinajstić information content (AvgIpc) is 2.28. The van der Waals surface area contributed by atoms with Gasteiger partial charge in [-0.15, -0.1) is 24.0 Å². The maximum atomic E-state index is 5.75. The van der Waals surface area contributed by atoms with Crippen molar-refractivity contribution in [2.24, 2.45) is 16.6 Å². The molecule has 5 heteroatoms. The Labute approximate surface area is 129 Å². The molecule has 1 atom stereocenters. The summed E-state index contributed by atoms with van der Waals surface area (Å²) in [7, 11) is 0. The summed E-state index contributed by atoms with van der Waals surface area (Å²) in [4.78, 5) is 4.24. The summed E-state index contributed by atoms with van der Waals surface area (Å²) in [6.45, 7) is 10.9. The lowest BCUT2D eigenvalue weighted by atomic mass is 10.0. The molecule has 4 nitrogen and oxygen atoms in total. The molecule has 0 aromatic rings. The Balaban J connectivity index is 0. The van der Waals surface area contributed by atoms with Gasteiger partial charge in [0.2, 0.25) is 0 Å². The minimum atomic E-state index is 0. The molecular formula is C13H30IN3O. The zero-order chi connectivity index (χ0) is 13.1. The summed E-state index contributed by atoms with van der Waals surface area (Å²) in [5.41, 5.74) is 5.75. The van der Waals surface area contributed by atoms with Crippen LogP contribution in [0.4, 0.5) is 0 Å². The molecule has 0 spiro atoms. The Morgan fingerprint density at radius 1 is 1.33 bits per heavy atom. The molecule has 0 aliphatic heterocycles. The van der Waals surface area contributed by atoms with Crippen LogP contribution in [-0.2, 0) is 4.74 Å². The molecule has 0 fully saturated rings. The molecule has 0 aliphatic carbocycles. The number of guanidine groups is 1. The molecule has 0 rings (SSSR count). The smallest absolute Gasteiger partial charge is 0.188 e. The molecule has 18 heavy (non-hydrogen) atoms. The Bertz CT molecular complexity index is 210. The second-order valence-corrected chi connectivity index (χ2v) is 4.57.